The molecular weight excluding hydrogens is 426 g/mol. The topological polar surface area (TPSA) is 80.2 Å². The molecule has 3 aromatic rings. The van der Waals surface area contributed by atoms with Crippen molar-refractivity contribution in [3.8, 4) is 17.0 Å². The molecule has 2 atom stereocenters. The highest BCUT2D eigenvalue weighted by molar-refractivity contribution is 6.30. The molecule has 0 spiro atoms. The lowest BCUT2D eigenvalue weighted by Gasteiger charge is -2.37. The fourth-order valence-electron chi connectivity index (χ4n) is 4.00. The minimum absolute atomic E-state index is 0.0496. The highest BCUT2D eigenvalue weighted by Crippen LogP contribution is 2.32. The predicted molar refractivity (Wildman–Crippen MR) is 125 cm³/mol. The van der Waals surface area contributed by atoms with Crippen molar-refractivity contribution in [2.75, 3.05) is 19.0 Å². The van der Waals surface area contributed by atoms with Gasteiger partial charge in [0.15, 0.2) is 0 Å². The molecule has 1 saturated heterocycles. The van der Waals surface area contributed by atoms with Gasteiger partial charge in [-0.2, -0.15) is 0 Å². The van der Waals surface area contributed by atoms with E-state index in [9.17, 15) is 4.79 Å². The van der Waals surface area contributed by atoms with Crippen LogP contribution in [0.3, 0.4) is 0 Å². The summed E-state index contributed by atoms with van der Waals surface area (Å²) < 4.78 is 5.33. The third-order valence-corrected chi connectivity index (χ3v) is 5.97. The maximum atomic E-state index is 12.1. The van der Waals surface area contributed by atoms with Gasteiger partial charge in [0.05, 0.1) is 19.0 Å². The number of amides is 1. The summed E-state index contributed by atoms with van der Waals surface area (Å²) in [5.41, 5.74) is 2.40. The smallest absolute Gasteiger partial charge is 0.219 e. The second kappa shape index (κ2) is 9.53. The van der Waals surface area contributed by atoms with Crippen LogP contribution in [0.25, 0.3) is 11.3 Å². The van der Waals surface area contributed by atoms with E-state index < -0.39 is 0 Å². The monoisotopic (exact) mass is 451 g/mol. The van der Waals surface area contributed by atoms with Crippen molar-refractivity contribution in [2.45, 2.75) is 38.6 Å². The lowest BCUT2D eigenvalue weighted by atomic mass is 9.92. The van der Waals surface area contributed by atoms with Gasteiger partial charge < -0.3 is 15.0 Å². The number of hydrogen-bond donors (Lipinski definition) is 1. The van der Waals surface area contributed by atoms with E-state index in [0.29, 0.717) is 29.0 Å². The number of methoxy groups -OCH3 is 1. The number of anilines is 2. The van der Waals surface area contributed by atoms with E-state index in [1.165, 1.54) is 0 Å². The van der Waals surface area contributed by atoms with Crippen LogP contribution in [0.2, 0.25) is 5.02 Å². The molecule has 1 amide bonds. The number of hydrogen-bond acceptors (Lipinski definition) is 6. The fraction of sp³-hybridized carbons (Fsp3) is 0.333. The summed E-state index contributed by atoms with van der Waals surface area (Å²) >= 11 is 6.15. The molecule has 0 saturated carbocycles. The average Bonchev–Trinajstić information content (AvgIpc) is 2.79. The third-order valence-electron chi connectivity index (χ3n) is 5.74. The Morgan fingerprint density at radius 2 is 2.03 bits per heavy atom. The van der Waals surface area contributed by atoms with Crippen LogP contribution in [0.1, 0.15) is 38.4 Å². The number of halogens is 1. The molecule has 0 bridgehead atoms. The standard InChI is InChI=1S/C24H26ClN5O2/c1-15-7-8-17(14-30(15)16(2)31)24-28-22(18-9-21(32-3)13-26-12-18)11-23(29-24)27-20-6-4-5-19(25)10-20/h4-6,9-13,15,17H,7-8,14H2,1-3H3,(H,27,28,29)/t15-,17+/m0/s1. The van der Waals surface area contributed by atoms with E-state index in [-0.39, 0.29) is 17.9 Å². The summed E-state index contributed by atoms with van der Waals surface area (Å²) in [6.45, 7) is 4.31. The fourth-order valence-corrected chi connectivity index (χ4v) is 4.19. The van der Waals surface area contributed by atoms with E-state index >= 15 is 0 Å². The van der Waals surface area contributed by atoms with Crippen LogP contribution >= 0.6 is 11.6 Å². The van der Waals surface area contributed by atoms with Gasteiger partial charge >= 0.3 is 0 Å². The minimum Gasteiger partial charge on any atom is -0.495 e. The molecule has 32 heavy (non-hydrogen) atoms. The largest absolute Gasteiger partial charge is 0.495 e. The predicted octanol–water partition coefficient (Wildman–Crippen LogP) is 5.06. The maximum absolute atomic E-state index is 12.1. The van der Waals surface area contributed by atoms with E-state index in [0.717, 1.165) is 29.8 Å². The molecule has 4 rings (SSSR count). The minimum atomic E-state index is 0.0496. The Labute approximate surface area is 192 Å². The molecule has 8 heteroatoms. The van der Waals surface area contributed by atoms with Crippen molar-refractivity contribution < 1.29 is 9.53 Å². The van der Waals surface area contributed by atoms with Crippen molar-refractivity contribution >= 4 is 29.0 Å². The van der Waals surface area contributed by atoms with Crippen molar-refractivity contribution in [1.29, 1.82) is 0 Å². The second-order valence-corrected chi connectivity index (χ2v) is 8.48. The van der Waals surface area contributed by atoms with Gasteiger partial charge in [-0.05, 0) is 44.0 Å². The summed E-state index contributed by atoms with van der Waals surface area (Å²) in [4.78, 5) is 28.0. The number of benzene rings is 1. The summed E-state index contributed by atoms with van der Waals surface area (Å²) in [5.74, 6) is 2.14. The first-order valence-electron chi connectivity index (χ1n) is 10.6. The Kier molecular flexibility index (Phi) is 6.55. The Bertz CT molecular complexity index is 1120. The Hall–Kier alpha value is -3.19. The molecule has 0 unspecified atom stereocenters. The lowest BCUT2D eigenvalue weighted by molar-refractivity contribution is -0.132. The highest BCUT2D eigenvalue weighted by atomic mass is 35.5. The van der Waals surface area contributed by atoms with Crippen LogP contribution < -0.4 is 10.1 Å². The van der Waals surface area contributed by atoms with Gasteiger partial charge in [-0.1, -0.05) is 17.7 Å². The number of rotatable bonds is 5. The zero-order valence-electron chi connectivity index (χ0n) is 18.4. The lowest BCUT2D eigenvalue weighted by Crippen LogP contribution is -2.44. The summed E-state index contributed by atoms with van der Waals surface area (Å²) in [7, 11) is 1.61. The molecule has 1 aromatic carbocycles. The number of pyridine rings is 1. The van der Waals surface area contributed by atoms with E-state index in [1.54, 1.807) is 26.4 Å². The molecule has 1 N–H and O–H groups in total. The molecule has 1 aliphatic rings. The molecule has 166 valence electrons. The maximum Gasteiger partial charge on any atom is 0.219 e. The number of carbonyl (C=O) groups excluding carboxylic acids is 1. The second-order valence-electron chi connectivity index (χ2n) is 8.04. The molecule has 0 radical (unpaired) electrons. The molecular formula is C24H26ClN5O2. The van der Waals surface area contributed by atoms with Crippen LogP contribution in [0, 0.1) is 0 Å². The quantitative estimate of drug-likeness (QED) is 0.584. The molecule has 2 aromatic heterocycles. The Morgan fingerprint density at radius 1 is 1.19 bits per heavy atom. The third kappa shape index (κ3) is 4.99. The van der Waals surface area contributed by atoms with Crippen LogP contribution in [0.5, 0.6) is 5.75 Å². The first-order chi connectivity index (χ1) is 15.4. The molecule has 7 nitrogen and oxygen atoms in total. The van der Waals surface area contributed by atoms with Gasteiger partial charge in [0, 0.05) is 54.0 Å². The summed E-state index contributed by atoms with van der Waals surface area (Å²) in [6, 6.07) is 11.5. The van der Waals surface area contributed by atoms with Gasteiger partial charge in [0.1, 0.15) is 17.4 Å². The number of carbonyl (C=O) groups is 1. The number of nitrogens with zero attached hydrogens (tertiary/aromatic N) is 4. The van der Waals surface area contributed by atoms with E-state index in [4.69, 9.17) is 26.3 Å². The first kappa shape index (κ1) is 22.0. The number of ether oxygens (including phenoxy) is 1. The number of nitrogens with one attached hydrogen (secondary N) is 1. The molecule has 3 heterocycles. The van der Waals surface area contributed by atoms with Crippen LogP contribution in [0.15, 0.2) is 48.8 Å². The highest BCUT2D eigenvalue weighted by Gasteiger charge is 2.30. The average molecular weight is 452 g/mol. The van der Waals surface area contributed by atoms with E-state index in [1.807, 2.05) is 41.3 Å². The van der Waals surface area contributed by atoms with Crippen LogP contribution in [-0.2, 0) is 4.79 Å². The number of likely N-dealkylation sites (tertiary alicyclic amines) is 1. The van der Waals surface area contributed by atoms with Crippen LogP contribution in [0.4, 0.5) is 11.5 Å². The number of aromatic nitrogens is 3. The Morgan fingerprint density at radius 3 is 2.78 bits per heavy atom. The molecule has 0 aliphatic carbocycles. The SMILES string of the molecule is COc1cncc(-c2cc(Nc3cccc(Cl)c3)nc([C@@H]3CC[C@H](C)N(C(C)=O)C3)n2)c1. The zero-order valence-corrected chi connectivity index (χ0v) is 19.1. The van der Waals surface area contributed by atoms with Crippen molar-refractivity contribution in [3.63, 3.8) is 0 Å². The summed E-state index contributed by atoms with van der Waals surface area (Å²) in [5, 5.41) is 3.98. The van der Waals surface area contributed by atoms with Crippen molar-refractivity contribution in [1.82, 2.24) is 19.9 Å². The van der Waals surface area contributed by atoms with E-state index in [2.05, 4.69) is 17.2 Å². The van der Waals surface area contributed by atoms with Gasteiger partial charge in [-0.25, -0.2) is 9.97 Å². The van der Waals surface area contributed by atoms with Gasteiger partial charge in [0.2, 0.25) is 5.91 Å². The van der Waals surface area contributed by atoms with Crippen LogP contribution in [-0.4, -0.2) is 45.5 Å². The van der Waals surface area contributed by atoms with Gasteiger partial charge in [-0.15, -0.1) is 0 Å². The molecule has 1 fully saturated rings. The van der Waals surface area contributed by atoms with Crippen molar-refractivity contribution in [2.24, 2.45) is 0 Å². The normalized spacial score (nSPS) is 18.3. The first-order valence-corrected chi connectivity index (χ1v) is 11.0. The van der Waals surface area contributed by atoms with Gasteiger partial charge in [-0.3, -0.25) is 9.78 Å². The number of piperidine rings is 1. The summed E-state index contributed by atoms with van der Waals surface area (Å²) in [6.07, 6.45) is 5.24. The Balaban J connectivity index is 1.74. The van der Waals surface area contributed by atoms with Crippen molar-refractivity contribution in [3.05, 3.63) is 59.6 Å². The van der Waals surface area contributed by atoms with Gasteiger partial charge in [0.25, 0.3) is 0 Å². The molecule has 1 aliphatic heterocycles. The zero-order chi connectivity index (χ0) is 22.7.